The number of amides is 2. The van der Waals surface area contributed by atoms with Crippen LogP contribution in [-0.2, 0) is 22.7 Å². The van der Waals surface area contributed by atoms with Gasteiger partial charge in [0.2, 0.25) is 11.8 Å². The first kappa shape index (κ1) is 20.1. The fraction of sp³-hybridized carbons (Fsp3) is 0.304. The van der Waals surface area contributed by atoms with E-state index >= 15 is 0 Å². The van der Waals surface area contributed by atoms with E-state index in [4.69, 9.17) is 0 Å². The summed E-state index contributed by atoms with van der Waals surface area (Å²) in [6, 6.07) is 13.5. The number of nitrogens with zero attached hydrogens (tertiary/aromatic N) is 2. The van der Waals surface area contributed by atoms with Gasteiger partial charge in [0.15, 0.2) is 0 Å². The molecule has 6 nitrogen and oxygen atoms in total. The van der Waals surface area contributed by atoms with Crippen LogP contribution in [0, 0.1) is 5.82 Å². The summed E-state index contributed by atoms with van der Waals surface area (Å²) in [5.41, 5.74) is 2.30. The number of rotatable bonds is 7. The first-order valence-corrected chi connectivity index (χ1v) is 10.1. The summed E-state index contributed by atoms with van der Waals surface area (Å²) in [6.45, 7) is 0.228. The molecule has 3 aromatic rings. The zero-order chi connectivity index (χ0) is 21.1. The fourth-order valence-corrected chi connectivity index (χ4v) is 4.07. The molecule has 1 unspecified atom stereocenters. The van der Waals surface area contributed by atoms with Crippen LogP contribution >= 0.6 is 0 Å². The molecule has 0 aliphatic carbocycles. The lowest BCUT2D eigenvalue weighted by Crippen LogP contribution is -2.47. The zero-order valence-electron chi connectivity index (χ0n) is 16.6. The molecule has 1 aliphatic heterocycles. The fourth-order valence-electron chi connectivity index (χ4n) is 4.07. The Morgan fingerprint density at radius 1 is 1.17 bits per heavy atom. The Bertz CT molecular complexity index is 1060. The van der Waals surface area contributed by atoms with Gasteiger partial charge in [-0.2, -0.15) is 0 Å². The molecule has 0 bridgehead atoms. The van der Waals surface area contributed by atoms with Crippen LogP contribution < -0.4 is 0 Å². The van der Waals surface area contributed by atoms with Gasteiger partial charge in [-0.3, -0.25) is 9.59 Å². The van der Waals surface area contributed by atoms with Gasteiger partial charge in [-0.15, -0.1) is 0 Å². The van der Waals surface area contributed by atoms with Gasteiger partial charge >= 0.3 is 0 Å². The number of aliphatic hydroxyl groups is 1. The highest BCUT2D eigenvalue weighted by atomic mass is 19.1. The Hall–Kier alpha value is -3.19. The summed E-state index contributed by atoms with van der Waals surface area (Å²) < 4.78 is 14.1. The monoisotopic (exact) mass is 409 g/mol. The predicted molar refractivity (Wildman–Crippen MR) is 111 cm³/mol. The van der Waals surface area contributed by atoms with Gasteiger partial charge in [-0.25, -0.2) is 4.39 Å². The van der Waals surface area contributed by atoms with Gasteiger partial charge < -0.3 is 19.9 Å². The number of aromatic nitrogens is 1. The highest BCUT2D eigenvalue weighted by molar-refractivity contribution is 5.91. The predicted octanol–water partition coefficient (Wildman–Crippen LogP) is 2.82. The molecule has 1 saturated heterocycles. The second kappa shape index (κ2) is 8.67. The van der Waals surface area contributed by atoms with E-state index in [-0.39, 0.29) is 31.5 Å². The van der Waals surface area contributed by atoms with Crippen molar-refractivity contribution in [2.24, 2.45) is 0 Å². The number of aliphatic hydroxyl groups excluding tert-OH is 1. The summed E-state index contributed by atoms with van der Waals surface area (Å²) in [4.78, 5) is 32.1. The molecule has 2 aromatic carbocycles. The van der Waals surface area contributed by atoms with E-state index in [2.05, 4.69) is 4.98 Å². The molecular formula is C23H24FN3O3. The largest absolute Gasteiger partial charge is 0.395 e. The van der Waals surface area contributed by atoms with Gasteiger partial charge in [-0.05, 0) is 24.1 Å². The van der Waals surface area contributed by atoms with Crippen LogP contribution in [0.1, 0.15) is 24.0 Å². The van der Waals surface area contributed by atoms with E-state index in [1.165, 1.54) is 11.0 Å². The van der Waals surface area contributed by atoms with Crippen LogP contribution in [0.3, 0.4) is 0 Å². The van der Waals surface area contributed by atoms with Crippen molar-refractivity contribution in [1.29, 1.82) is 0 Å². The Kier molecular flexibility index (Phi) is 5.81. The van der Waals surface area contributed by atoms with Crippen molar-refractivity contribution in [3.63, 3.8) is 0 Å². The number of H-pyrrole nitrogens is 1. The lowest BCUT2D eigenvalue weighted by molar-refractivity contribution is -0.142. The van der Waals surface area contributed by atoms with Crippen LogP contribution in [0.4, 0.5) is 4.39 Å². The Balaban J connectivity index is 1.56. The van der Waals surface area contributed by atoms with Crippen LogP contribution in [0.2, 0.25) is 0 Å². The number of para-hydroxylation sites is 1. The zero-order valence-corrected chi connectivity index (χ0v) is 16.6. The average Bonchev–Trinajstić information content (AvgIpc) is 3.33. The highest BCUT2D eigenvalue weighted by Crippen LogP contribution is 2.27. The van der Waals surface area contributed by atoms with Crippen molar-refractivity contribution in [3.05, 3.63) is 71.7 Å². The average molecular weight is 409 g/mol. The van der Waals surface area contributed by atoms with E-state index in [0.29, 0.717) is 24.9 Å². The van der Waals surface area contributed by atoms with Gasteiger partial charge in [0.25, 0.3) is 0 Å². The van der Waals surface area contributed by atoms with Crippen molar-refractivity contribution in [2.45, 2.75) is 32.0 Å². The lowest BCUT2D eigenvalue weighted by atomic mass is 10.1. The van der Waals surface area contributed by atoms with E-state index in [9.17, 15) is 19.1 Å². The molecule has 1 atom stereocenters. The summed E-state index contributed by atoms with van der Waals surface area (Å²) in [5.74, 6) is -0.738. The minimum Gasteiger partial charge on any atom is -0.395 e. The van der Waals surface area contributed by atoms with Crippen molar-refractivity contribution in [1.82, 2.24) is 14.8 Å². The Morgan fingerprint density at radius 3 is 2.73 bits per heavy atom. The number of nitrogens with one attached hydrogen (secondary N) is 1. The number of hydrogen-bond acceptors (Lipinski definition) is 3. The van der Waals surface area contributed by atoms with Crippen LogP contribution in [-0.4, -0.2) is 50.9 Å². The van der Waals surface area contributed by atoms with Gasteiger partial charge in [0.1, 0.15) is 11.9 Å². The molecule has 0 radical (unpaired) electrons. The van der Waals surface area contributed by atoms with Crippen molar-refractivity contribution >= 4 is 22.7 Å². The number of likely N-dealkylation sites (tertiary alicyclic amines) is 1. The molecule has 156 valence electrons. The molecule has 2 amide bonds. The molecule has 0 spiro atoms. The molecule has 2 N–H and O–H groups in total. The number of fused-ring (bicyclic) bond motifs is 1. The molecule has 1 fully saturated rings. The maximum atomic E-state index is 14.1. The van der Waals surface area contributed by atoms with Crippen LogP contribution in [0.15, 0.2) is 54.7 Å². The summed E-state index contributed by atoms with van der Waals surface area (Å²) >= 11 is 0. The maximum absolute atomic E-state index is 14.1. The molecule has 2 heterocycles. The molecule has 30 heavy (non-hydrogen) atoms. The van der Waals surface area contributed by atoms with Crippen molar-refractivity contribution in [2.75, 3.05) is 13.2 Å². The van der Waals surface area contributed by atoms with Gasteiger partial charge in [0, 0.05) is 48.7 Å². The number of aromatic amines is 1. The number of halogens is 1. The molecule has 4 rings (SSSR count). The topological polar surface area (TPSA) is 76.6 Å². The summed E-state index contributed by atoms with van der Waals surface area (Å²) in [5, 5.41) is 10.5. The lowest BCUT2D eigenvalue weighted by Gasteiger charge is -2.30. The molecule has 7 heteroatoms. The van der Waals surface area contributed by atoms with Crippen molar-refractivity contribution in [3.8, 4) is 0 Å². The number of hydrogen-bond donors (Lipinski definition) is 2. The maximum Gasteiger partial charge on any atom is 0.245 e. The third-order valence-corrected chi connectivity index (χ3v) is 5.63. The first-order valence-electron chi connectivity index (χ1n) is 10.1. The second-order valence-corrected chi connectivity index (χ2v) is 7.51. The minimum absolute atomic E-state index is 0.0533. The minimum atomic E-state index is -0.621. The molecule has 0 saturated carbocycles. The molecular weight excluding hydrogens is 385 g/mol. The van der Waals surface area contributed by atoms with E-state index in [0.717, 1.165) is 16.5 Å². The molecule has 1 aliphatic rings. The quantitative estimate of drug-likeness (QED) is 0.630. The SMILES string of the molecule is O=C(C1CCC(=O)N1Cc1c[nH]c2ccccc12)N(CCO)Cc1ccccc1F. The van der Waals surface area contributed by atoms with Crippen molar-refractivity contribution < 1.29 is 19.1 Å². The number of carbonyl (C=O) groups excluding carboxylic acids is 2. The standard InChI is InChI=1S/C23H24FN3O3/c24-19-7-3-1-5-16(19)14-26(11-12-28)23(30)21-9-10-22(29)27(21)15-17-13-25-20-8-4-2-6-18(17)20/h1-8,13,21,25,28H,9-12,14-15H2. The van der Waals surface area contributed by atoms with Crippen LogP contribution in [0.5, 0.6) is 0 Å². The smallest absolute Gasteiger partial charge is 0.245 e. The Morgan fingerprint density at radius 2 is 1.93 bits per heavy atom. The third-order valence-electron chi connectivity index (χ3n) is 5.63. The highest BCUT2D eigenvalue weighted by Gasteiger charge is 2.38. The van der Waals surface area contributed by atoms with E-state index < -0.39 is 11.9 Å². The third kappa shape index (κ3) is 3.93. The van der Waals surface area contributed by atoms with Gasteiger partial charge in [0.05, 0.1) is 6.61 Å². The van der Waals surface area contributed by atoms with E-state index in [1.807, 2.05) is 30.5 Å². The van der Waals surface area contributed by atoms with Gasteiger partial charge in [-0.1, -0.05) is 36.4 Å². The number of carbonyl (C=O) groups is 2. The second-order valence-electron chi connectivity index (χ2n) is 7.51. The molecule has 1 aromatic heterocycles. The van der Waals surface area contributed by atoms with E-state index in [1.54, 1.807) is 23.1 Å². The van der Waals surface area contributed by atoms with Crippen LogP contribution in [0.25, 0.3) is 10.9 Å². The summed E-state index contributed by atoms with van der Waals surface area (Å²) in [6.07, 6.45) is 2.58. The number of benzene rings is 2. The summed E-state index contributed by atoms with van der Waals surface area (Å²) in [7, 11) is 0. The Labute approximate surface area is 173 Å². The first-order chi connectivity index (χ1) is 14.6. The normalized spacial score (nSPS) is 16.4.